The van der Waals surface area contributed by atoms with E-state index in [-0.39, 0.29) is 17.3 Å². The number of likely N-dealkylation sites (tertiary alicyclic amines) is 1. The SMILES string of the molecule is COC(=O)N1CC2(C1)CN(c1cc(F)ccn1)C2. The number of hydrogen-bond donors (Lipinski definition) is 0. The van der Waals surface area contributed by atoms with Gasteiger partial charge in [-0.3, -0.25) is 0 Å². The molecule has 6 heteroatoms. The van der Waals surface area contributed by atoms with Crippen molar-refractivity contribution in [2.75, 3.05) is 38.2 Å². The quantitative estimate of drug-likeness (QED) is 0.750. The number of carbonyl (C=O) groups excluding carboxylic acids is 1. The van der Waals surface area contributed by atoms with Gasteiger partial charge in [0, 0.05) is 43.9 Å². The Labute approximate surface area is 104 Å². The molecule has 1 amide bonds. The van der Waals surface area contributed by atoms with Crippen LogP contribution in [0.5, 0.6) is 0 Å². The van der Waals surface area contributed by atoms with Gasteiger partial charge in [-0.25, -0.2) is 14.2 Å². The highest BCUT2D eigenvalue weighted by molar-refractivity contribution is 5.69. The van der Waals surface area contributed by atoms with Crippen molar-refractivity contribution in [3.05, 3.63) is 24.1 Å². The van der Waals surface area contributed by atoms with Gasteiger partial charge in [0.15, 0.2) is 0 Å². The lowest BCUT2D eigenvalue weighted by Gasteiger charge is -2.59. The molecule has 1 spiro atoms. The molecule has 0 radical (unpaired) electrons. The number of amides is 1. The average molecular weight is 251 g/mol. The van der Waals surface area contributed by atoms with Gasteiger partial charge in [-0.15, -0.1) is 0 Å². The molecule has 2 fully saturated rings. The van der Waals surface area contributed by atoms with Gasteiger partial charge in [0.05, 0.1) is 7.11 Å². The third kappa shape index (κ3) is 1.68. The number of carbonyl (C=O) groups is 1. The smallest absolute Gasteiger partial charge is 0.409 e. The summed E-state index contributed by atoms with van der Waals surface area (Å²) in [6.07, 6.45) is 1.19. The zero-order chi connectivity index (χ0) is 12.8. The molecule has 0 aromatic carbocycles. The largest absolute Gasteiger partial charge is 0.453 e. The van der Waals surface area contributed by atoms with Gasteiger partial charge >= 0.3 is 6.09 Å². The Morgan fingerprint density at radius 3 is 2.78 bits per heavy atom. The topological polar surface area (TPSA) is 45.7 Å². The van der Waals surface area contributed by atoms with Crippen molar-refractivity contribution in [3.63, 3.8) is 0 Å². The molecule has 18 heavy (non-hydrogen) atoms. The van der Waals surface area contributed by atoms with Crippen molar-refractivity contribution >= 4 is 11.9 Å². The first-order valence-electron chi connectivity index (χ1n) is 5.81. The fourth-order valence-corrected chi connectivity index (χ4v) is 2.71. The Morgan fingerprint density at radius 2 is 2.17 bits per heavy atom. The predicted molar refractivity (Wildman–Crippen MR) is 62.8 cm³/mol. The lowest BCUT2D eigenvalue weighted by atomic mass is 9.73. The minimum absolute atomic E-state index is 0.155. The van der Waals surface area contributed by atoms with Gasteiger partial charge in [0.2, 0.25) is 0 Å². The molecule has 3 rings (SSSR count). The van der Waals surface area contributed by atoms with Gasteiger partial charge in [-0.05, 0) is 6.07 Å². The number of aromatic nitrogens is 1. The molecule has 0 aliphatic carbocycles. The number of hydrogen-bond acceptors (Lipinski definition) is 4. The summed E-state index contributed by atoms with van der Waals surface area (Å²) in [5.41, 5.74) is 0.155. The molecule has 0 unspecified atom stereocenters. The monoisotopic (exact) mass is 251 g/mol. The van der Waals surface area contributed by atoms with E-state index in [1.807, 2.05) is 4.90 Å². The molecule has 96 valence electrons. The zero-order valence-electron chi connectivity index (χ0n) is 10.1. The van der Waals surface area contributed by atoms with Crippen LogP contribution in [-0.2, 0) is 4.74 Å². The highest BCUT2D eigenvalue weighted by atomic mass is 19.1. The highest BCUT2D eigenvalue weighted by Crippen LogP contribution is 2.41. The summed E-state index contributed by atoms with van der Waals surface area (Å²) in [6.45, 7) is 3.06. The number of nitrogens with zero attached hydrogens (tertiary/aromatic N) is 3. The van der Waals surface area contributed by atoms with E-state index in [0.717, 1.165) is 13.1 Å². The number of ether oxygens (including phenoxy) is 1. The van der Waals surface area contributed by atoms with Crippen molar-refractivity contribution in [1.29, 1.82) is 0 Å². The Hall–Kier alpha value is -1.85. The number of halogens is 1. The third-order valence-corrected chi connectivity index (χ3v) is 3.57. The van der Waals surface area contributed by atoms with Crippen LogP contribution < -0.4 is 4.90 Å². The van der Waals surface area contributed by atoms with E-state index in [1.54, 1.807) is 4.90 Å². The van der Waals surface area contributed by atoms with Gasteiger partial charge in [0.1, 0.15) is 11.6 Å². The first-order chi connectivity index (χ1) is 8.62. The van der Waals surface area contributed by atoms with Crippen LogP contribution in [0.2, 0.25) is 0 Å². The number of rotatable bonds is 1. The molecular weight excluding hydrogens is 237 g/mol. The van der Waals surface area contributed by atoms with Crippen LogP contribution in [0, 0.1) is 11.2 Å². The lowest BCUT2D eigenvalue weighted by molar-refractivity contribution is -0.0153. The first-order valence-corrected chi connectivity index (χ1v) is 5.81. The fourth-order valence-electron chi connectivity index (χ4n) is 2.71. The number of anilines is 1. The summed E-state index contributed by atoms with van der Waals surface area (Å²) in [6, 6.07) is 2.77. The van der Waals surface area contributed by atoms with Crippen LogP contribution >= 0.6 is 0 Å². The Bertz CT molecular complexity index is 480. The van der Waals surface area contributed by atoms with Crippen molar-refractivity contribution in [1.82, 2.24) is 9.88 Å². The summed E-state index contributed by atoms with van der Waals surface area (Å²) in [7, 11) is 1.39. The third-order valence-electron chi connectivity index (χ3n) is 3.57. The Morgan fingerprint density at radius 1 is 1.44 bits per heavy atom. The summed E-state index contributed by atoms with van der Waals surface area (Å²) < 4.78 is 17.7. The molecule has 5 nitrogen and oxygen atoms in total. The molecule has 2 aliphatic rings. The second-order valence-electron chi connectivity index (χ2n) is 5.01. The standard InChI is InChI=1S/C12H14FN3O2/c1-18-11(17)16-7-12(8-16)5-15(6-12)10-4-9(13)2-3-14-10/h2-4H,5-8H2,1H3. The van der Waals surface area contributed by atoms with E-state index in [1.165, 1.54) is 25.4 Å². The van der Waals surface area contributed by atoms with Crippen LogP contribution in [0.1, 0.15) is 0 Å². The van der Waals surface area contributed by atoms with Gasteiger partial charge in [-0.1, -0.05) is 0 Å². The van der Waals surface area contributed by atoms with Crippen LogP contribution in [0.15, 0.2) is 18.3 Å². The maximum absolute atomic E-state index is 13.1. The summed E-state index contributed by atoms with van der Waals surface area (Å²) in [5.74, 6) is 0.392. The van der Waals surface area contributed by atoms with Crippen molar-refractivity contribution < 1.29 is 13.9 Å². The molecule has 3 heterocycles. The lowest BCUT2D eigenvalue weighted by Crippen LogP contribution is -2.73. The number of methoxy groups -OCH3 is 1. The van der Waals surface area contributed by atoms with Crippen LogP contribution in [-0.4, -0.2) is 49.3 Å². The van der Waals surface area contributed by atoms with Crippen LogP contribution in [0.25, 0.3) is 0 Å². The van der Waals surface area contributed by atoms with E-state index < -0.39 is 0 Å². The molecule has 0 N–H and O–H groups in total. The summed E-state index contributed by atoms with van der Waals surface area (Å²) >= 11 is 0. The first kappa shape index (κ1) is 11.3. The molecule has 0 bridgehead atoms. The Balaban J connectivity index is 1.57. The molecule has 0 saturated carbocycles. The molecule has 2 aliphatic heterocycles. The minimum Gasteiger partial charge on any atom is -0.453 e. The Kier molecular flexibility index (Phi) is 2.39. The van der Waals surface area contributed by atoms with E-state index in [0.29, 0.717) is 18.9 Å². The van der Waals surface area contributed by atoms with Crippen molar-refractivity contribution in [2.24, 2.45) is 5.41 Å². The summed E-state index contributed by atoms with van der Waals surface area (Å²) in [5, 5.41) is 0. The second kappa shape index (κ2) is 3.83. The van der Waals surface area contributed by atoms with E-state index >= 15 is 0 Å². The molecule has 0 atom stereocenters. The summed E-state index contributed by atoms with van der Waals surface area (Å²) in [4.78, 5) is 19.1. The highest BCUT2D eigenvalue weighted by Gasteiger charge is 2.53. The normalized spacial score (nSPS) is 20.3. The maximum Gasteiger partial charge on any atom is 0.409 e. The van der Waals surface area contributed by atoms with Gasteiger partial charge < -0.3 is 14.5 Å². The van der Waals surface area contributed by atoms with Crippen LogP contribution in [0.3, 0.4) is 0 Å². The van der Waals surface area contributed by atoms with E-state index in [4.69, 9.17) is 0 Å². The predicted octanol–water partition coefficient (Wildman–Crippen LogP) is 1.11. The molecule has 2 saturated heterocycles. The van der Waals surface area contributed by atoms with E-state index in [9.17, 15) is 9.18 Å². The molecule has 1 aromatic rings. The fraction of sp³-hybridized carbons (Fsp3) is 0.500. The maximum atomic E-state index is 13.1. The van der Waals surface area contributed by atoms with Gasteiger partial charge in [0.25, 0.3) is 0 Å². The van der Waals surface area contributed by atoms with E-state index in [2.05, 4.69) is 9.72 Å². The number of pyridine rings is 1. The van der Waals surface area contributed by atoms with Gasteiger partial charge in [-0.2, -0.15) is 0 Å². The average Bonchev–Trinajstić information content (AvgIpc) is 2.25. The molecular formula is C12H14FN3O2. The van der Waals surface area contributed by atoms with Crippen LogP contribution in [0.4, 0.5) is 15.0 Å². The van der Waals surface area contributed by atoms with Crippen molar-refractivity contribution in [3.8, 4) is 0 Å². The van der Waals surface area contributed by atoms with Crippen molar-refractivity contribution in [2.45, 2.75) is 0 Å². The molecule has 1 aromatic heterocycles. The second-order valence-corrected chi connectivity index (χ2v) is 5.01. The minimum atomic E-state index is -0.275. The zero-order valence-corrected chi connectivity index (χ0v) is 10.1.